The second kappa shape index (κ2) is 11.7. The molecule has 10 heteroatoms. The van der Waals surface area contributed by atoms with Crippen molar-refractivity contribution in [2.75, 3.05) is 18.4 Å². The lowest BCUT2D eigenvalue weighted by atomic mass is 10.0. The van der Waals surface area contributed by atoms with E-state index in [0.717, 1.165) is 11.3 Å². The number of pyridine rings is 1. The zero-order chi connectivity index (χ0) is 28.3. The van der Waals surface area contributed by atoms with Crippen LogP contribution < -0.4 is 5.32 Å². The Bertz CT molecular complexity index is 1450. The van der Waals surface area contributed by atoms with Crippen molar-refractivity contribution >= 4 is 35.0 Å². The van der Waals surface area contributed by atoms with Crippen molar-refractivity contribution in [1.82, 2.24) is 14.8 Å². The van der Waals surface area contributed by atoms with Crippen molar-refractivity contribution in [3.05, 3.63) is 76.6 Å². The van der Waals surface area contributed by atoms with Crippen LogP contribution in [0.4, 0.5) is 20.7 Å². The maximum atomic E-state index is 14.8. The van der Waals surface area contributed by atoms with Gasteiger partial charge in [0, 0.05) is 36.4 Å². The second-order valence-corrected chi connectivity index (χ2v) is 10.3. The summed E-state index contributed by atoms with van der Waals surface area (Å²) < 4.78 is 14.8. The first-order valence-corrected chi connectivity index (χ1v) is 13.0. The highest BCUT2D eigenvalue weighted by atomic mass is 35.5. The number of carbonyl (C=O) groups is 1. The molecule has 2 heterocycles. The minimum absolute atomic E-state index is 0.188. The maximum absolute atomic E-state index is 14.8. The number of rotatable bonds is 5. The lowest BCUT2D eigenvalue weighted by Crippen LogP contribution is -2.59. The van der Waals surface area contributed by atoms with Crippen LogP contribution in [0.25, 0.3) is 11.3 Å². The Morgan fingerprint density at radius 3 is 2.46 bits per heavy atom. The van der Waals surface area contributed by atoms with E-state index in [-0.39, 0.29) is 40.8 Å². The zero-order valence-corrected chi connectivity index (χ0v) is 22.9. The van der Waals surface area contributed by atoms with Crippen LogP contribution in [-0.2, 0) is 0 Å². The van der Waals surface area contributed by atoms with E-state index in [1.807, 2.05) is 49.2 Å². The van der Waals surface area contributed by atoms with E-state index in [2.05, 4.69) is 24.2 Å². The molecule has 0 aliphatic carbocycles. The number of amides is 1. The Morgan fingerprint density at radius 2 is 1.79 bits per heavy atom. The third kappa shape index (κ3) is 5.81. The molecule has 3 aromatic rings. The third-order valence-electron chi connectivity index (χ3n) is 6.84. The summed E-state index contributed by atoms with van der Waals surface area (Å²) in [6, 6.07) is 15.0. The molecule has 0 saturated carbocycles. The number of hydrogen-bond acceptors (Lipinski definition) is 5. The molecule has 8 nitrogen and oxygen atoms in total. The number of benzene rings is 2. The molecule has 202 valence electrons. The maximum Gasteiger partial charge on any atom is 0.407 e. The number of nitriles is 1. The molecule has 1 aromatic heterocycles. The largest absolute Gasteiger partial charge is 0.465 e. The van der Waals surface area contributed by atoms with Gasteiger partial charge >= 0.3 is 6.09 Å². The summed E-state index contributed by atoms with van der Waals surface area (Å²) in [5.41, 5.74) is 2.78. The first kappa shape index (κ1) is 27.9. The van der Waals surface area contributed by atoms with E-state index in [9.17, 15) is 19.6 Å². The monoisotopic (exact) mass is 548 g/mol. The highest BCUT2D eigenvalue weighted by Crippen LogP contribution is 2.35. The highest BCUT2D eigenvalue weighted by Gasteiger charge is 2.35. The molecule has 0 radical (unpaired) electrons. The van der Waals surface area contributed by atoms with Gasteiger partial charge in [0.25, 0.3) is 0 Å². The molecule has 1 amide bonds. The van der Waals surface area contributed by atoms with Gasteiger partial charge < -0.3 is 20.2 Å². The normalized spacial score (nSPS) is 17.7. The fourth-order valence-electron chi connectivity index (χ4n) is 4.85. The third-order valence-corrected chi connectivity index (χ3v) is 7.13. The number of halogens is 2. The molecule has 1 saturated heterocycles. The summed E-state index contributed by atoms with van der Waals surface area (Å²) >= 11 is 6.71. The van der Waals surface area contributed by atoms with Gasteiger partial charge in [-0.05, 0) is 49.6 Å². The number of para-hydroxylation sites is 1. The summed E-state index contributed by atoms with van der Waals surface area (Å²) in [5, 5.41) is 22.9. The molecule has 2 N–H and O–H groups in total. The quantitative estimate of drug-likeness (QED) is 0.208. The van der Waals surface area contributed by atoms with Crippen LogP contribution in [0.5, 0.6) is 0 Å². The first-order chi connectivity index (χ1) is 18.6. The predicted molar refractivity (Wildman–Crippen MR) is 151 cm³/mol. The number of anilines is 2. The number of nitrogens with zero attached hydrogens (tertiary/aromatic N) is 5. The number of carboxylic acid groups (broad SMARTS) is 1. The number of hydrogen-bond donors (Lipinski definition) is 2. The van der Waals surface area contributed by atoms with Crippen LogP contribution in [0, 0.1) is 17.3 Å². The van der Waals surface area contributed by atoms with Crippen molar-refractivity contribution in [3.8, 4) is 17.5 Å². The molecule has 0 spiro atoms. The average molecular weight is 549 g/mol. The van der Waals surface area contributed by atoms with Gasteiger partial charge in [-0.2, -0.15) is 10.3 Å². The Hall–Kier alpha value is -4.16. The summed E-state index contributed by atoms with van der Waals surface area (Å²) in [5.74, 6) is 0.389. The van der Waals surface area contributed by atoms with Crippen molar-refractivity contribution in [2.45, 2.75) is 45.7 Å². The number of aliphatic imine (C=N–C) groups is 1. The molecule has 2 aromatic carbocycles. The lowest BCUT2D eigenvalue weighted by Gasteiger charge is -2.44. The Morgan fingerprint density at radius 1 is 1.15 bits per heavy atom. The van der Waals surface area contributed by atoms with Crippen LogP contribution >= 0.6 is 11.6 Å². The van der Waals surface area contributed by atoms with E-state index < -0.39 is 11.9 Å². The molecular weight excluding hydrogens is 519 g/mol. The van der Waals surface area contributed by atoms with Gasteiger partial charge in [-0.1, -0.05) is 55.8 Å². The fourth-order valence-corrected chi connectivity index (χ4v) is 5.11. The zero-order valence-electron chi connectivity index (χ0n) is 22.2. The van der Waals surface area contributed by atoms with E-state index in [1.54, 1.807) is 24.3 Å². The lowest BCUT2D eigenvalue weighted by molar-refractivity contribution is 0.0751. The minimum atomic E-state index is -1.00. The molecule has 1 aliphatic heterocycles. The molecule has 1 fully saturated rings. The Balaban J connectivity index is 1.89. The van der Waals surface area contributed by atoms with Crippen molar-refractivity contribution < 1.29 is 14.3 Å². The molecule has 39 heavy (non-hydrogen) atoms. The summed E-state index contributed by atoms with van der Waals surface area (Å²) in [6.45, 7) is 8.38. The topological polar surface area (TPSA) is 105 Å². The van der Waals surface area contributed by atoms with E-state index in [1.165, 1.54) is 11.0 Å². The summed E-state index contributed by atoms with van der Waals surface area (Å²) in [4.78, 5) is 23.9. The van der Waals surface area contributed by atoms with Crippen LogP contribution in [0.3, 0.4) is 0 Å². The number of amidine groups is 1. The van der Waals surface area contributed by atoms with Gasteiger partial charge in [0.05, 0.1) is 16.3 Å². The van der Waals surface area contributed by atoms with Gasteiger partial charge in [0.15, 0.2) is 5.84 Å². The van der Waals surface area contributed by atoms with Crippen LogP contribution in [0.15, 0.2) is 59.6 Å². The Labute approximate surface area is 232 Å². The minimum Gasteiger partial charge on any atom is -0.465 e. The first-order valence-electron chi connectivity index (χ1n) is 12.7. The summed E-state index contributed by atoms with van der Waals surface area (Å²) in [7, 11) is 0. The average Bonchev–Trinajstić information content (AvgIpc) is 2.90. The van der Waals surface area contributed by atoms with Crippen molar-refractivity contribution in [2.24, 2.45) is 4.99 Å². The van der Waals surface area contributed by atoms with Crippen LogP contribution in [0.1, 0.15) is 44.7 Å². The molecule has 4 rings (SSSR count). The van der Waals surface area contributed by atoms with Gasteiger partial charge in [0.2, 0.25) is 6.19 Å². The number of nitrogens with one attached hydrogen (secondary N) is 1. The van der Waals surface area contributed by atoms with E-state index in [0.29, 0.717) is 23.8 Å². The van der Waals surface area contributed by atoms with Crippen molar-refractivity contribution in [1.29, 1.82) is 5.26 Å². The standard InChI is InChI=1S/C29H30ClFN6O2/c1-17(2)20-9-6-8-12-25(20)34-27-22(13-23(30)26(35-27)21-10-5-7-11-24(21)31)28(33-16-32)36-14-19(4)37(29(38)39)15-18(36)3/h5-13,17-19H,14-15H2,1-4H3,(H,34,35)(H,38,39)/b33-28-/t18-,19+/m0/s1. The second-order valence-electron chi connectivity index (χ2n) is 9.88. The van der Waals surface area contributed by atoms with Crippen molar-refractivity contribution in [3.63, 3.8) is 0 Å². The Kier molecular flexibility index (Phi) is 8.36. The molecular formula is C29H30ClFN6O2. The van der Waals surface area contributed by atoms with Gasteiger partial charge in [-0.25, -0.2) is 14.2 Å². The van der Waals surface area contributed by atoms with Gasteiger partial charge in [-0.15, -0.1) is 0 Å². The summed E-state index contributed by atoms with van der Waals surface area (Å²) in [6.07, 6.45) is 0.886. The SMILES string of the molecule is CC(C)c1ccccc1Nc1nc(-c2ccccc2F)c(Cl)cc1/C(=N/C#N)N1C[C@@H](C)N(C(=O)O)C[C@@H]1C. The van der Waals surface area contributed by atoms with E-state index in [4.69, 9.17) is 16.6 Å². The highest BCUT2D eigenvalue weighted by molar-refractivity contribution is 6.33. The number of aromatic nitrogens is 1. The van der Waals surface area contributed by atoms with Crippen LogP contribution in [0.2, 0.25) is 5.02 Å². The predicted octanol–water partition coefficient (Wildman–Crippen LogP) is 6.71. The molecule has 1 aliphatic rings. The fraction of sp³-hybridized carbons (Fsp3) is 0.310. The molecule has 2 atom stereocenters. The van der Waals surface area contributed by atoms with Gasteiger partial charge in [0.1, 0.15) is 11.6 Å². The number of piperazine rings is 1. The molecule has 0 bridgehead atoms. The van der Waals surface area contributed by atoms with E-state index >= 15 is 0 Å². The van der Waals surface area contributed by atoms with Crippen LogP contribution in [-0.4, -0.2) is 57.0 Å². The van der Waals surface area contributed by atoms with Gasteiger partial charge in [-0.3, -0.25) is 0 Å². The smallest absolute Gasteiger partial charge is 0.407 e. The molecule has 0 unspecified atom stereocenters.